The van der Waals surface area contributed by atoms with E-state index in [4.69, 9.17) is 0 Å². The van der Waals surface area contributed by atoms with Crippen LogP contribution in [0.3, 0.4) is 0 Å². The Balaban J connectivity index is 1.61. The molecule has 0 bridgehead atoms. The lowest BCUT2D eigenvalue weighted by molar-refractivity contribution is 0.170. The number of thioether (sulfide) groups is 1. The van der Waals surface area contributed by atoms with Crippen molar-refractivity contribution in [3.8, 4) is 0 Å². The highest BCUT2D eigenvalue weighted by atomic mass is 32.2. The number of rotatable bonds is 4. The average Bonchev–Trinajstić information content (AvgIpc) is 2.82. The van der Waals surface area contributed by atoms with Crippen molar-refractivity contribution in [3.63, 3.8) is 0 Å². The van der Waals surface area contributed by atoms with E-state index in [9.17, 15) is 0 Å². The lowest BCUT2D eigenvalue weighted by Gasteiger charge is -2.33. The summed E-state index contributed by atoms with van der Waals surface area (Å²) in [6, 6.07) is 2.60. The summed E-state index contributed by atoms with van der Waals surface area (Å²) in [5.41, 5.74) is 0. The van der Waals surface area contributed by atoms with Gasteiger partial charge in [-0.2, -0.15) is 11.8 Å². The Hall–Kier alpha value is 0.270. The first-order valence-corrected chi connectivity index (χ1v) is 8.00. The maximum absolute atomic E-state index is 3.66. The summed E-state index contributed by atoms with van der Waals surface area (Å²) >= 11 is 2.17. The molecule has 0 spiro atoms. The van der Waals surface area contributed by atoms with E-state index in [-0.39, 0.29) is 0 Å². The molecule has 3 unspecified atom stereocenters. The van der Waals surface area contributed by atoms with E-state index in [1.54, 1.807) is 0 Å². The van der Waals surface area contributed by atoms with E-state index in [0.717, 1.165) is 23.4 Å². The molecule has 2 heterocycles. The predicted molar refractivity (Wildman–Crippen MR) is 71.1 cm³/mol. The topological polar surface area (TPSA) is 15.3 Å². The zero-order chi connectivity index (χ0) is 11.0. The van der Waals surface area contributed by atoms with Gasteiger partial charge in [-0.15, -0.1) is 0 Å². The van der Waals surface area contributed by atoms with Gasteiger partial charge in [-0.25, -0.2) is 0 Å². The fourth-order valence-electron chi connectivity index (χ4n) is 3.28. The Morgan fingerprint density at radius 3 is 2.69 bits per heavy atom. The molecule has 0 radical (unpaired) electrons. The van der Waals surface area contributed by atoms with E-state index < -0.39 is 0 Å². The minimum Gasteiger partial charge on any atom is -0.313 e. The van der Waals surface area contributed by atoms with Crippen molar-refractivity contribution in [1.82, 2.24) is 10.2 Å². The fraction of sp³-hybridized carbons (Fsp3) is 1.00. The molecule has 2 nitrogen and oxygen atoms in total. The van der Waals surface area contributed by atoms with Crippen molar-refractivity contribution in [2.75, 3.05) is 18.8 Å². The summed E-state index contributed by atoms with van der Waals surface area (Å²) < 4.78 is 0. The van der Waals surface area contributed by atoms with Crippen LogP contribution in [0.2, 0.25) is 0 Å². The van der Waals surface area contributed by atoms with Crippen molar-refractivity contribution < 1.29 is 0 Å². The molecule has 1 aliphatic carbocycles. The molecule has 0 amide bonds. The Kier molecular flexibility index (Phi) is 3.46. The highest BCUT2D eigenvalue weighted by Gasteiger charge is 2.39. The molecule has 0 aromatic carbocycles. The van der Waals surface area contributed by atoms with Gasteiger partial charge >= 0.3 is 0 Å². The maximum atomic E-state index is 3.66. The van der Waals surface area contributed by atoms with Crippen molar-refractivity contribution in [2.45, 2.75) is 62.4 Å². The summed E-state index contributed by atoms with van der Waals surface area (Å²) in [5.74, 6) is 1.38. The molecule has 1 saturated carbocycles. The maximum Gasteiger partial charge on any atom is 0.0223 e. The summed E-state index contributed by atoms with van der Waals surface area (Å²) in [5, 5.41) is 4.52. The lowest BCUT2D eigenvalue weighted by Crippen LogP contribution is -2.46. The van der Waals surface area contributed by atoms with Crippen LogP contribution in [0.1, 0.15) is 39.0 Å². The van der Waals surface area contributed by atoms with Crippen molar-refractivity contribution in [3.05, 3.63) is 0 Å². The molecule has 3 atom stereocenters. The van der Waals surface area contributed by atoms with Crippen molar-refractivity contribution >= 4 is 11.8 Å². The third-order valence-corrected chi connectivity index (χ3v) is 5.68. The molecule has 92 valence electrons. The molecule has 0 aromatic heterocycles. The van der Waals surface area contributed by atoms with Crippen LogP contribution in [0.5, 0.6) is 0 Å². The molecule has 2 aliphatic heterocycles. The lowest BCUT2D eigenvalue weighted by atomic mass is 10.1. The van der Waals surface area contributed by atoms with Crippen LogP contribution >= 0.6 is 11.8 Å². The first-order chi connectivity index (χ1) is 7.84. The first kappa shape index (κ1) is 11.4. The predicted octanol–water partition coefficient (Wildman–Crippen LogP) is 2.10. The molecular formula is C13H24N2S. The van der Waals surface area contributed by atoms with Crippen molar-refractivity contribution in [1.29, 1.82) is 0 Å². The SMILES string of the molecule is CC1SCCC1N(CC1CCCN1)C1CC1. The Morgan fingerprint density at radius 2 is 2.12 bits per heavy atom. The van der Waals surface area contributed by atoms with Gasteiger partial charge in [0.15, 0.2) is 0 Å². The van der Waals surface area contributed by atoms with Crippen LogP contribution in [0, 0.1) is 0 Å². The Bertz CT molecular complexity index is 236. The van der Waals surface area contributed by atoms with Gasteiger partial charge in [0, 0.05) is 29.9 Å². The average molecular weight is 240 g/mol. The van der Waals surface area contributed by atoms with Gasteiger partial charge in [0.1, 0.15) is 0 Å². The number of nitrogens with one attached hydrogen (secondary N) is 1. The van der Waals surface area contributed by atoms with Gasteiger partial charge in [0.2, 0.25) is 0 Å². The standard InChI is InChI=1S/C13H24N2S/c1-10-13(6-8-16-10)15(12-4-5-12)9-11-3-2-7-14-11/h10-14H,2-9H2,1H3. The summed E-state index contributed by atoms with van der Waals surface area (Å²) in [7, 11) is 0. The smallest absolute Gasteiger partial charge is 0.0223 e. The number of nitrogens with zero attached hydrogens (tertiary/aromatic N) is 1. The number of hydrogen-bond acceptors (Lipinski definition) is 3. The first-order valence-electron chi connectivity index (χ1n) is 6.95. The molecule has 0 aromatic rings. The van der Waals surface area contributed by atoms with E-state index in [2.05, 4.69) is 28.9 Å². The largest absolute Gasteiger partial charge is 0.313 e. The summed E-state index contributed by atoms with van der Waals surface area (Å²) in [4.78, 5) is 2.85. The molecule has 3 aliphatic rings. The molecule has 3 fully saturated rings. The molecule has 3 heteroatoms. The third-order valence-electron chi connectivity index (χ3n) is 4.37. The van der Waals surface area contributed by atoms with Gasteiger partial charge < -0.3 is 5.32 Å². The van der Waals surface area contributed by atoms with Crippen LogP contribution in [0.4, 0.5) is 0 Å². The van der Waals surface area contributed by atoms with Crippen LogP contribution in [-0.4, -0.2) is 47.1 Å². The van der Waals surface area contributed by atoms with Crippen LogP contribution < -0.4 is 5.32 Å². The van der Waals surface area contributed by atoms with Crippen molar-refractivity contribution in [2.24, 2.45) is 0 Å². The fourth-order valence-corrected chi connectivity index (χ4v) is 4.55. The molecule has 1 N–H and O–H groups in total. The summed E-state index contributed by atoms with van der Waals surface area (Å²) in [6.45, 7) is 5.00. The zero-order valence-electron chi connectivity index (χ0n) is 10.3. The third kappa shape index (κ3) is 2.41. The molecule has 16 heavy (non-hydrogen) atoms. The highest BCUT2D eigenvalue weighted by Crippen LogP contribution is 2.37. The zero-order valence-corrected chi connectivity index (χ0v) is 11.1. The van der Waals surface area contributed by atoms with Crippen LogP contribution in [0.25, 0.3) is 0 Å². The second-order valence-corrected chi connectivity index (χ2v) is 7.14. The Labute approximate surface area is 104 Å². The van der Waals surface area contributed by atoms with E-state index in [0.29, 0.717) is 0 Å². The minimum absolute atomic E-state index is 0.790. The molecular weight excluding hydrogens is 216 g/mol. The van der Waals surface area contributed by atoms with Crippen LogP contribution in [0.15, 0.2) is 0 Å². The highest BCUT2D eigenvalue weighted by molar-refractivity contribution is 8.00. The molecule has 3 rings (SSSR count). The number of hydrogen-bond donors (Lipinski definition) is 1. The minimum atomic E-state index is 0.790. The van der Waals surface area contributed by atoms with E-state index in [1.807, 2.05) is 0 Å². The van der Waals surface area contributed by atoms with Gasteiger partial charge in [0.05, 0.1) is 0 Å². The van der Waals surface area contributed by atoms with Gasteiger partial charge in [0.25, 0.3) is 0 Å². The van der Waals surface area contributed by atoms with Gasteiger partial charge in [-0.1, -0.05) is 6.92 Å². The Morgan fingerprint density at radius 1 is 1.25 bits per heavy atom. The second-order valence-electron chi connectivity index (χ2n) is 5.65. The monoisotopic (exact) mass is 240 g/mol. The quantitative estimate of drug-likeness (QED) is 0.810. The second kappa shape index (κ2) is 4.87. The van der Waals surface area contributed by atoms with E-state index in [1.165, 1.54) is 50.9 Å². The molecule has 2 saturated heterocycles. The summed E-state index contributed by atoms with van der Waals surface area (Å²) in [6.07, 6.45) is 7.13. The van der Waals surface area contributed by atoms with Crippen LogP contribution in [-0.2, 0) is 0 Å². The van der Waals surface area contributed by atoms with Gasteiger partial charge in [-0.05, 0) is 44.4 Å². The van der Waals surface area contributed by atoms with E-state index >= 15 is 0 Å². The van der Waals surface area contributed by atoms with Gasteiger partial charge in [-0.3, -0.25) is 4.90 Å². The normalized spacial score (nSPS) is 39.8.